The Kier molecular flexibility index (Phi) is 4.27. The Morgan fingerprint density at radius 1 is 1.11 bits per heavy atom. The van der Waals surface area contributed by atoms with Gasteiger partial charge in [0.2, 0.25) is 5.89 Å². The van der Waals surface area contributed by atoms with Crippen LogP contribution in [0.5, 0.6) is 0 Å². The third kappa shape index (κ3) is 3.81. The molecule has 0 atom stereocenters. The molecule has 2 rings (SSSR count). The molecule has 4 nitrogen and oxygen atoms in total. The van der Waals surface area contributed by atoms with Crippen LogP contribution in [0.2, 0.25) is 0 Å². The molecule has 0 aliphatic rings. The van der Waals surface area contributed by atoms with E-state index in [-0.39, 0.29) is 12.0 Å². The highest BCUT2D eigenvalue weighted by Crippen LogP contribution is 2.26. The predicted octanol–water partition coefficient (Wildman–Crippen LogP) is 3.15. The second kappa shape index (κ2) is 5.75. The van der Waals surface area contributed by atoms with Crippen LogP contribution in [0.4, 0.5) is 0 Å². The summed E-state index contributed by atoms with van der Waals surface area (Å²) in [6.07, 6.45) is 0. The molecule has 0 aliphatic heterocycles. The van der Waals surface area contributed by atoms with E-state index >= 15 is 0 Å². The summed E-state index contributed by atoms with van der Waals surface area (Å²) in [5, 5.41) is 17.7. The molecule has 1 aromatic heterocycles. The lowest BCUT2D eigenvalue weighted by atomic mass is 9.97. The fourth-order valence-electron chi connectivity index (χ4n) is 1.46. The molecule has 0 unspecified atom stereocenters. The standard InChI is InChI=1S/C14H18N2O2S/c1-14(2,3)12-15-16-13(18-12)19-9-11-6-4-10(8-17)5-7-11/h4-7,17H,8-9H2,1-3H3. The average molecular weight is 278 g/mol. The highest BCUT2D eigenvalue weighted by atomic mass is 32.2. The molecule has 5 heteroatoms. The number of benzene rings is 1. The maximum atomic E-state index is 8.98. The zero-order chi connectivity index (χ0) is 13.9. The Bertz CT molecular complexity index is 529. The van der Waals surface area contributed by atoms with Crippen LogP contribution in [0.15, 0.2) is 33.9 Å². The third-order valence-corrected chi connectivity index (χ3v) is 3.51. The van der Waals surface area contributed by atoms with Crippen LogP contribution in [0.25, 0.3) is 0 Å². The number of nitrogens with zero attached hydrogens (tertiary/aromatic N) is 2. The van der Waals surface area contributed by atoms with E-state index in [1.54, 1.807) is 0 Å². The fraction of sp³-hybridized carbons (Fsp3) is 0.429. The topological polar surface area (TPSA) is 59.2 Å². The maximum Gasteiger partial charge on any atom is 0.276 e. The van der Waals surface area contributed by atoms with Gasteiger partial charge >= 0.3 is 0 Å². The molecule has 0 radical (unpaired) electrons. The summed E-state index contributed by atoms with van der Waals surface area (Å²) in [6.45, 7) is 6.21. The second-order valence-corrected chi connectivity index (χ2v) is 6.31. The Hall–Kier alpha value is -1.33. The Morgan fingerprint density at radius 2 is 1.74 bits per heavy atom. The molecule has 102 valence electrons. The Balaban J connectivity index is 1.96. The van der Waals surface area contributed by atoms with Crippen LogP contribution < -0.4 is 0 Å². The van der Waals surface area contributed by atoms with Crippen molar-refractivity contribution >= 4 is 11.8 Å². The van der Waals surface area contributed by atoms with Crippen LogP contribution in [0.3, 0.4) is 0 Å². The number of thioether (sulfide) groups is 1. The van der Waals surface area contributed by atoms with Gasteiger partial charge in [0, 0.05) is 11.2 Å². The van der Waals surface area contributed by atoms with E-state index in [0.29, 0.717) is 11.1 Å². The Morgan fingerprint density at radius 3 is 2.26 bits per heavy atom. The molecule has 0 saturated heterocycles. The van der Waals surface area contributed by atoms with Gasteiger partial charge < -0.3 is 9.52 Å². The minimum Gasteiger partial charge on any atom is -0.415 e. The first-order valence-electron chi connectivity index (χ1n) is 6.14. The smallest absolute Gasteiger partial charge is 0.276 e. The molecule has 0 amide bonds. The number of aliphatic hydroxyl groups is 1. The Labute approximate surface area is 117 Å². The molecule has 1 heterocycles. The molecule has 1 N–H and O–H groups in total. The summed E-state index contributed by atoms with van der Waals surface area (Å²) >= 11 is 1.52. The van der Waals surface area contributed by atoms with Gasteiger partial charge in [-0.05, 0) is 11.1 Å². The summed E-state index contributed by atoms with van der Waals surface area (Å²) in [5.41, 5.74) is 1.97. The summed E-state index contributed by atoms with van der Waals surface area (Å²) in [5.74, 6) is 1.43. The monoisotopic (exact) mass is 278 g/mol. The predicted molar refractivity (Wildman–Crippen MR) is 74.9 cm³/mol. The minimum absolute atomic E-state index is 0.0754. The molecule has 2 aromatic rings. The van der Waals surface area contributed by atoms with Crippen molar-refractivity contribution in [3.63, 3.8) is 0 Å². The zero-order valence-electron chi connectivity index (χ0n) is 11.4. The number of aromatic nitrogens is 2. The first-order chi connectivity index (χ1) is 8.99. The quantitative estimate of drug-likeness (QED) is 0.871. The van der Waals surface area contributed by atoms with Crippen molar-refractivity contribution in [3.05, 3.63) is 41.3 Å². The van der Waals surface area contributed by atoms with E-state index in [9.17, 15) is 0 Å². The van der Waals surface area contributed by atoms with Crippen molar-refractivity contribution in [1.82, 2.24) is 10.2 Å². The van der Waals surface area contributed by atoms with Gasteiger partial charge in [-0.25, -0.2) is 0 Å². The minimum atomic E-state index is -0.116. The van der Waals surface area contributed by atoms with Gasteiger partial charge in [0.05, 0.1) is 6.61 Å². The summed E-state index contributed by atoms with van der Waals surface area (Å²) in [6, 6.07) is 7.84. The van der Waals surface area contributed by atoms with Crippen molar-refractivity contribution in [2.75, 3.05) is 0 Å². The second-order valence-electron chi connectivity index (χ2n) is 5.39. The van der Waals surface area contributed by atoms with Gasteiger partial charge in [-0.2, -0.15) is 0 Å². The molecule has 0 bridgehead atoms. The normalized spacial score (nSPS) is 11.8. The molecule has 1 aromatic carbocycles. The van der Waals surface area contributed by atoms with Crippen molar-refractivity contribution < 1.29 is 9.52 Å². The molecule has 0 saturated carbocycles. The van der Waals surface area contributed by atoms with Gasteiger partial charge in [-0.1, -0.05) is 56.8 Å². The third-order valence-electron chi connectivity index (χ3n) is 2.62. The number of rotatable bonds is 4. The molecular weight excluding hydrogens is 260 g/mol. The van der Waals surface area contributed by atoms with Gasteiger partial charge in [0.1, 0.15) is 0 Å². The lowest BCUT2D eigenvalue weighted by molar-refractivity contribution is 0.282. The molecule has 0 spiro atoms. The van der Waals surface area contributed by atoms with E-state index in [1.165, 1.54) is 11.8 Å². The van der Waals surface area contributed by atoms with Gasteiger partial charge in [-0.3, -0.25) is 0 Å². The SMILES string of the molecule is CC(C)(C)c1nnc(SCc2ccc(CO)cc2)o1. The van der Waals surface area contributed by atoms with E-state index in [4.69, 9.17) is 9.52 Å². The molecule has 0 aliphatic carbocycles. The van der Waals surface area contributed by atoms with Crippen LogP contribution in [0.1, 0.15) is 37.8 Å². The highest BCUT2D eigenvalue weighted by Gasteiger charge is 2.21. The van der Waals surface area contributed by atoms with Crippen LogP contribution in [-0.2, 0) is 17.8 Å². The van der Waals surface area contributed by atoms with E-state index in [1.807, 2.05) is 45.0 Å². The van der Waals surface area contributed by atoms with E-state index in [0.717, 1.165) is 16.9 Å². The van der Waals surface area contributed by atoms with E-state index in [2.05, 4.69) is 10.2 Å². The summed E-state index contributed by atoms with van der Waals surface area (Å²) < 4.78 is 5.62. The summed E-state index contributed by atoms with van der Waals surface area (Å²) in [4.78, 5) is 0. The number of hydrogen-bond acceptors (Lipinski definition) is 5. The zero-order valence-corrected chi connectivity index (χ0v) is 12.2. The first-order valence-corrected chi connectivity index (χ1v) is 7.13. The fourth-order valence-corrected chi connectivity index (χ4v) is 2.18. The maximum absolute atomic E-state index is 8.98. The van der Waals surface area contributed by atoms with Crippen molar-refractivity contribution in [1.29, 1.82) is 0 Å². The van der Waals surface area contributed by atoms with Crippen molar-refractivity contribution in [2.24, 2.45) is 0 Å². The molecule has 0 fully saturated rings. The number of hydrogen-bond donors (Lipinski definition) is 1. The van der Waals surface area contributed by atoms with Crippen LogP contribution in [-0.4, -0.2) is 15.3 Å². The lowest BCUT2D eigenvalue weighted by Crippen LogP contribution is -2.11. The van der Waals surface area contributed by atoms with Crippen molar-refractivity contribution in [3.8, 4) is 0 Å². The van der Waals surface area contributed by atoms with Crippen LogP contribution in [0, 0.1) is 0 Å². The van der Waals surface area contributed by atoms with Gasteiger partial charge in [0.25, 0.3) is 5.22 Å². The lowest BCUT2D eigenvalue weighted by Gasteiger charge is -2.10. The first kappa shape index (κ1) is 14.1. The van der Waals surface area contributed by atoms with Gasteiger partial charge in [-0.15, -0.1) is 10.2 Å². The highest BCUT2D eigenvalue weighted by molar-refractivity contribution is 7.98. The van der Waals surface area contributed by atoms with Crippen LogP contribution >= 0.6 is 11.8 Å². The number of aliphatic hydroxyl groups excluding tert-OH is 1. The summed E-state index contributed by atoms with van der Waals surface area (Å²) in [7, 11) is 0. The molecule has 19 heavy (non-hydrogen) atoms. The molecular formula is C14H18N2O2S. The van der Waals surface area contributed by atoms with Gasteiger partial charge in [0.15, 0.2) is 0 Å². The van der Waals surface area contributed by atoms with Crippen molar-refractivity contribution in [2.45, 2.75) is 43.8 Å². The largest absolute Gasteiger partial charge is 0.415 e. The average Bonchev–Trinajstić information content (AvgIpc) is 2.86. The van der Waals surface area contributed by atoms with E-state index < -0.39 is 0 Å².